The Morgan fingerprint density at radius 3 is 2.00 bits per heavy atom. The Morgan fingerprint density at radius 2 is 1.55 bits per heavy atom. The van der Waals surface area contributed by atoms with Crippen LogP contribution in [0.25, 0.3) is 0 Å². The number of aliphatic hydroxyl groups is 2. The summed E-state index contributed by atoms with van der Waals surface area (Å²) in [6.07, 6.45) is -0.390. The van der Waals surface area contributed by atoms with Gasteiger partial charge >= 0.3 is 5.97 Å². The molecule has 3 amide bonds. The second-order valence-electron chi connectivity index (χ2n) is 7.73. The molecule has 0 rings (SSSR count). The number of aliphatic imine (C=N–C) groups is 1. The van der Waals surface area contributed by atoms with Gasteiger partial charge in [-0.3, -0.25) is 19.4 Å². The summed E-state index contributed by atoms with van der Waals surface area (Å²) in [4.78, 5) is 52.7. The Hall–Kier alpha value is -2.97. The molecule has 0 aromatic rings. The molecule has 0 heterocycles. The zero-order valence-corrected chi connectivity index (χ0v) is 19.2. The topological polar surface area (TPSA) is 255 Å². The van der Waals surface area contributed by atoms with E-state index in [1.54, 1.807) is 13.8 Å². The number of nitrogens with two attached hydrogens (primary N) is 3. The quantitative estimate of drug-likeness (QED) is 0.0636. The second-order valence-corrected chi connectivity index (χ2v) is 7.73. The van der Waals surface area contributed by atoms with Gasteiger partial charge in [-0.1, -0.05) is 20.3 Å². The fraction of sp³-hybridized carbons (Fsp3) is 0.737. The molecule has 0 fully saturated rings. The minimum absolute atomic E-state index is 0.0472. The highest BCUT2D eigenvalue weighted by Gasteiger charge is 2.32. The molecule has 6 atom stereocenters. The molecule has 0 bridgehead atoms. The first-order valence-electron chi connectivity index (χ1n) is 10.6. The van der Waals surface area contributed by atoms with Gasteiger partial charge in [0.15, 0.2) is 5.96 Å². The number of amides is 3. The minimum atomic E-state index is -1.43. The van der Waals surface area contributed by atoms with Crippen molar-refractivity contribution < 1.29 is 34.5 Å². The van der Waals surface area contributed by atoms with Crippen molar-refractivity contribution in [2.24, 2.45) is 28.1 Å². The van der Waals surface area contributed by atoms with E-state index < -0.39 is 66.5 Å². The monoisotopic (exact) mass is 475 g/mol. The van der Waals surface area contributed by atoms with Crippen molar-refractivity contribution in [3.63, 3.8) is 0 Å². The molecule has 12 N–H and O–H groups in total. The molecule has 0 aliphatic rings. The van der Waals surface area contributed by atoms with Gasteiger partial charge in [-0.15, -0.1) is 0 Å². The highest BCUT2D eigenvalue weighted by atomic mass is 16.4. The summed E-state index contributed by atoms with van der Waals surface area (Å²) < 4.78 is 0. The summed E-state index contributed by atoms with van der Waals surface area (Å²) in [5, 5.41) is 35.4. The molecule has 0 saturated carbocycles. The van der Waals surface area contributed by atoms with Crippen LogP contribution >= 0.6 is 0 Å². The largest absolute Gasteiger partial charge is 0.480 e. The van der Waals surface area contributed by atoms with Crippen LogP contribution in [-0.2, 0) is 19.2 Å². The molecule has 190 valence electrons. The number of carbonyl (C=O) groups is 4. The van der Waals surface area contributed by atoms with E-state index in [4.69, 9.17) is 17.2 Å². The summed E-state index contributed by atoms with van der Waals surface area (Å²) in [5.74, 6) is -4.28. The van der Waals surface area contributed by atoms with Crippen LogP contribution in [0.1, 0.15) is 40.0 Å². The first kappa shape index (κ1) is 30.0. The van der Waals surface area contributed by atoms with Gasteiger partial charge in [-0.2, -0.15) is 0 Å². The van der Waals surface area contributed by atoms with Crippen LogP contribution in [0.3, 0.4) is 0 Å². The van der Waals surface area contributed by atoms with Crippen LogP contribution in [0, 0.1) is 5.92 Å². The molecule has 0 spiro atoms. The lowest BCUT2D eigenvalue weighted by Crippen LogP contribution is -2.60. The molecular formula is C19H37N7O7. The Labute approximate surface area is 192 Å². The van der Waals surface area contributed by atoms with Gasteiger partial charge in [0.05, 0.1) is 12.7 Å². The number of carboxylic acids is 1. The van der Waals surface area contributed by atoms with E-state index in [1.165, 1.54) is 6.92 Å². The standard InChI is InChI=1S/C19H37N7O7/c1-4-9(2)14(17(31)24-11(18(32)33)6-5-7-23-19(21)22)26-15(29)12(8-27)25-16(30)13(20)10(3)28/h9-14,27-28H,4-8,20H2,1-3H3,(H,24,31)(H,25,30)(H,26,29)(H,32,33)(H4,21,22,23). The first-order chi connectivity index (χ1) is 15.3. The predicted octanol–water partition coefficient (Wildman–Crippen LogP) is -3.67. The van der Waals surface area contributed by atoms with E-state index in [2.05, 4.69) is 20.9 Å². The smallest absolute Gasteiger partial charge is 0.326 e. The number of carboxylic acid groups (broad SMARTS) is 1. The van der Waals surface area contributed by atoms with E-state index in [0.717, 1.165) is 0 Å². The van der Waals surface area contributed by atoms with E-state index in [0.29, 0.717) is 6.42 Å². The van der Waals surface area contributed by atoms with Crippen LogP contribution in [0.2, 0.25) is 0 Å². The molecule has 6 unspecified atom stereocenters. The molecule has 0 aromatic carbocycles. The molecule has 0 aromatic heterocycles. The number of guanidine groups is 1. The SMILES string of the molecule is CCC(C)C(NC(=O)C(CO)NC(=O)C(N)C(C)O)C(=O)NC(CCCN=C(N)N)C(=O)O. The fourth-order valence-electron chi connectivity index (χ4n) is 2.66. The summed E-state index contributed by atoms with van der Waals surface area (Å²) in [5.41, 5.74) is 16.0. The van der Waals surface area contributed by atoms with Crippen molar-refractivity contribution >= 4 is 29.7 Å². The maximum absolute atomic E-state index is 12.8. The van der Waals surface area contributed by atoms with Crippen LogP contribution in [0.4, 0.5) is 0 Å². The minimum Gasteiger partial charge on any atom is -0.480 e. The number of aliphatic hydroxyl groups excluding tert-OH is 2. The molecule has 14 nitrogen and oxygen atoms in total. The van der Waals surface area contributed by atoms with E-state index in [9.17, 15) is 34.5 Å². The predicted molar refractivity (Wildman–Crippen MR) is 120 cm³/mol. The van der Waals surface area contributed by atoms with Crippen molar-refractivity contribution in [2.75, 3.05) is 13.2 Å². The first-order valence-corrected chi connectivity index (χ1v) is 10.6. The number of hydrogen-bond acceptors (Lipinski definition) is 8. The van der Waals surface area contributed by atoms with Crippen LogP contribution < -0.4 is 33.2 Å². The fourth-order valence-corrected chi connectivity index (χ4v) is 2.66. The lowest BCUT2D eigenvalue weighted by atomic mass is 9.97. The molecule has 0 radical (unpaired) electrons. The highest BCUT2D eigenvalue weighted by Crippen LogP contribution is 2.10. The lowest BCUT2D eigenvalue weighted by molar-refractivity contribution is -0.143. The van der Waals surface area contributed by atoms with Gasteiger partial charge in [-0.05, 0) is 25.7 Å². The van der Waals surface area contributed by atoms with Crippen LogP contribution in [-0.4, -0.2) is 88.4 Å². The zero-order chi connectivity index (χ0) is 25.7. The second kappa shape index (κ2) is 15.0. The van der Waals surface area contributed by atoms with E-state index in [-0.39, 0.29) is 25.3 Å². The molecular weight excluding hydrogens is 438 g/mol. The maximum Gasteiger partial charge on any atom is 0.326 e. The van der Waals surface area contributed by atoms with E-state index >= 15 is 0 Å². The van der Waals surface area contributed by atoms with Gasteiger partial charge in [0.25, 0.3) is 0 Å². The van der Waals surface area contributed by atoms with Crippen molar-refractivity contribution in [3.8, 4) is 0 Å². The molecule has 33 heavy (non-hydrogen) atoms. The third-order valence-electron chi connectivity index (χ3n) is 4.99. The van der Waals surface area contributed by atoms with Gasteiger partial charge in [0, 0.05) is 6.54 Å². The number of nitrogens with one attached hydrogen (secondary N) is 3. The normalized spacial score (nSPS) is 16.3. The molecule has 0 saturated heterocycles. The number of aliphatic carboxylic acids is 1. The highest BCUT2D eigenvalue weighted by molar-refractivity contribution is 5.94. The summed E-state index contributed by atoms with van der Waals surface area (Å²) in [6.45, 7) is 4.13. The van der Waals surface area contributed by atoms with Gasteiger partial charge in [0.1, 0.15) is 24.2 Å². The molecule has 0 aliphatic heterocycles. The summed E-state index contributed by atoms with van der Waals surface area (Å²) in [7, 11) is 0. The Bertz CT molecular complexity index is 698. The van der Waals surface area contributed by atoms with Gasteiger partial charge in [0.2, 0.25) is 17.7 Å². The molecule has 0 aliphatic carbocycles. The summed E-state index contributed by atoms with van der Waals surface area (Å²) >= 11 is 0. The number of carbonyl (C=O) groups excluding carboxylic acids is 3. The number of nitrogens with zero attached hydrogens (tertiary/aromatic N) is 1. The van der Waals surface area contributed by atoms with Crippen LogP contribution in [0.15, 0.2) is 4.99 Å². The average molecular weight is 476 g/mol. The zero-order valence-electron chi connectivity index (χ0n) is 19.2. The van der Waals surface area contributed by atoms with Crippen molar-refractivity contribution in [1.82, 2.24) is 16.0 Å². The van der Waals surface area contributed by atoms with Crippen molar-refractivity contribution in [2.45, 2.75) is 70.3 Å². The Morgan fingerprint density at radius 1 is 0.970 bits per heavy atom. The Balaban J connectivity index is 5.30. The van der Waals surface area contributed by atoms with Crippen molar-refractivity contribution in [3.05, 3.63) is 0 Å². The average Bonchev–Trinajstić information content (AvgIpc) is 2.75. The Kier molecular flexibility index (Phi) is 13.6. The maximum atomic E-state index is 12.8. The third-order valence-corrected chi connectivity index (χ3v) is 4.99. The van der Waals surface area contributed by atoms with Gasteiger partial charge in [-0.25, -0.2) is 4.79 Å². The lowest BCUT2D eigenvalue weighted by Gasteiger charge is -2.27. The molecule has 14 heteroatoms. The van der Waals surface area contributed by atoms with Gasteiger partial charge < -0.3 is 48.5 Å². The van der Waals surface area contributed by atoms with E-state index in [1.807, 2.05) is 0 Å². The van der Waals surface area contributed by atoms with Crippen molar-refractivity contribution in [1.29, 1.82) is 0 Å². The summed E-state index contributed by atoms with van der Waals surface area (Å²) in [6, 6.07) is -5.14. The number of rotatable bonds is 15. The number of hydrogen-bond donors (Lipinski definition) is 9. The third kappa shape index (κ3) is 10.9. The van der Waals surface area contributed by atoms with Crippen LogP contribution in [0.5, 0.6) is 0 Å².